The zero-order chi connectivity index (χ0) is 13.0. The van der Waals surface area contributed by atoms with Crippen molar-refractivity contribution in [2.45, 2.75) is 6.42 Å². The predicted molar refractivity (Wildman–Crippen MR) is 78.2 cm³/mol. The van der Waals surface area contributed by atoms with Gasteiger partial charge >= 0.3 is 6.03 Å². The third kappa shape index (κ3) is 2.72. The van der Waals surface area contributed by atoms with Crippen molar-refractivity contribution in [2.24, 2.45) is 0 Å². The maximum Gasteiger partial charge on any atom is 0.324 e. The molecule has 1 fully saturated rings. The Morgan fingerprint density at radius 1 is 1.33 bits per heavy atom. The summed E-state index contributed by atoms with van der Waals surface area (Å²) < 4.78 is 0. The highest BCUT2D eigenvalue weighted by molar-refractivity contribution is 7.98. The first-order valence-electron chi connectivity index (χ1n) is 6.14. The Balaban J connectivity index is 2.01. The van der Waals surface area contributed by atoms with Gasteiger partial charge in [-0.1, -0.05) is 12.1 Å². The molecular weight excluding hydrogens is 246 g/mol. The van der Waals surface area contributed by atoms with Gasteiger partial charge in [-0.3, -0.25) is 4.90 Å². The molecule has 2 amide bonds. The molecule has 2 N–H and O–H groups in total. The molecular formula is C13H19N3OS. The lowest BCUT2D eigenvalue weighted by Gasteiger charge is -2.19. The van der Waals surface area contributed by atoms with Crippen LogP contribution in [0.4, 0.5) is 16.2 Å². The van der Waals surface area contributed by atoms with Crippen LogP contribution < -0.4 is 10.6 Å². The average Bonchev–Trinajstić information content (AvgIpc) is 2.72. The molecule has 0 aromatic heterocycles. The van der Waals surface area contributed by atoms with Gasteiger partial charge in [-0.05, 0) is 30.6 Å². The smallest absolute Gasteiger partial charge is 0.324 e. The molecule has 2 rings (SSSR count). The Morgan fingerprint density at radius 3 is 2.83 bits per heavy atom. The van der Waals surface area contributed by atoms with Gasteiger partial charge in [0, 0.05) is 19.6 Å². The molecule has 0 saturated carbocycles. The SMILES string of the molecule is CSCCCN1CCN(c2ccccc2N)C1=O. The molecule has 4 nitrogen and oxygen atoms in total. The van der Waals surface area contributed by atoms with Crippen LogP contribution in [-0.4, -0.2) is 42.6 Å². The molecule has 0 spiro atoms. The van der Waals surface area contributed by atoms with Gasteiger partial charge < -0.3 is 10.6 Å². The Labute approximate surface area is 112 Å². The van der Waals surface area contributed by atoms with Gasteiger partial charge in [0.25, 0.3) is 0 Å². The lowest BCUT2D eigenvalue weighted by atomic mass is 10.2. The highest BCUT2D eigenvalue weighted by atomic mass is 32.2. The summed E-state index contributed by atoms with van der Waals surface area (Å²) in [5.41, 5.74) is 7.41. The molecule has 18 heavy (non-hydrogen) atoms. The van der Waals surface area contributed by atoms with Crippen LogP contribution in [0.5, 0.6) is 0 Å². The normalized spacial score (nSPS) is 15.5. The summed E-state index contributed by atoms with van der Waals surface area (Å²) in [7, 11) is 0. The molecule has 1 heterocycles. The van der Waals surface area contributed by atoms with Gasteiger partial charge in [0.05, 0.1) is 11.4 Å². The summed E-state index contributed by atoms with van der Waals surface area (Å²) in [6.45, 7) is 2.36. The summed E-state index contributed by atoms with van der Waals surface area (Å²) in [4.78, 5) is 15.9. The van der Waals surface area contributed by atoms with E-state index in [1.807, 2.05) is 40.9 Å². The third-order valence-corrected chi connectivity index (χ3v) is 3.80. The number of para-hydroxylation sites is 2. The number of carbonyl (C=O) groups excluding carboxylic acids is 1. The van der Waals surface area contributed by atoms with E-state index < -0.39 is 0 Å². The molecule has 98 valence electrons. The first-order chi connectivity index (χ1) is 8.74. The van der Waals surface area contributed by atoms with Crippen molar-refractivity contribution in [2.75, 3.05) is 42.3 Å². The third-order valence-electron chi connectivity index (χ3n) is 3.10. The van der Waals surface area contributed by atoms with Gasteiger partial charge in [0.2, 0.25) is 0 Å². The van der Waals surface area contributed by atoms with Crippen molar-refractivity contribution in [3.05, 3.63) is 24.3 Å². The van der Waals surface area contributed by atoms with Crippen molar-refractivity contribution >= 4 is 29.2 Å². The van der Waals surface area contributed by atoms with Crippen LogP contribution in [-0.2, 0) is 0 Å². The summed E-state index contributed by atoms with van der Waals surface area (Å²) >= 11 is 1.81. The van der Waals surface area contributed by atoms with Gasteiger partial charge in [0.15, 0.2) is 0 Å². The largest absolute Gasteiger partial charge is 0.397 e. The van der Waals surface area contributed by atoms with E-state index in [0.29, 0.717) is 5.69 Å². The molecule has 1 saturated heterocycles. The van der Waals surface area contributed by atoms with Gasteiger partial charge in [0.1, 0.15) is 0 Å². The van der Waals surface area contributed by atoms with Gasteiger partial charge in [-0.25, -0.2) is 4.79 Å². The number of urea groups is 1. The van der Waals surface area contributed by atoms with E-state index >= 15 is 0 Å². The van der Waals surface area contributed by atoms with Crippen LogP contribution in [0.3, 0.4) is 0 Å². The van der Waals surface area contributed by atoms with Crippen LogP contribution in [0.25, 0.3) is 0 Å². The number of nitrogens with two attached hydrogens (primary N) is 1. The van der Waals surface area contributed by atoms with E-state index in [1.54, 1.807) is 4.90 Å². The molecule has 1 aromatic carbocycles. The summed E-state index contributed by atoms with van der Waals surface area (Å²) in [5, 5.41) is 0. The van der Waals surface area contributed by atoms with Crippen LogP contribution in [0.15, 0.2) is 24.3 Å². The topological polar surface area (TPSA) is 49.6 Å². The van der Waals surface area contributed by atoms with E-state index in [-0.39, 0.29) is 6.03 Å². The summed E-state index contributed by atoms with van der Waals surface area (Å²) in [6, 6.07) is 7.61. The highest BCUT2D eigenvalue weighted by Gasteiger charge is 2.29. The second-order valence-corrected chi connectivity index (χ2v) is 5.31. The zero-order valence-electron chi connectivity index (χ0n) is 10.6. The number of thioether (sulfide) groups is 1. The highest BCUT2D eigenvalue weighted by Crippen LogP contribution is 2.26. The van der Waals surface area contributed by atoms with Crippen LogP contribution in [0.1, 0.15) is 6.42 Å². The molecule has 1 aromatic rings. The van der Waals surface area contributed by atoms with E-state index in [4.69, 9.17) is 5.73 Å². The van der Waals surface area contributed by atoms with Gasteiger partial charge in [-0.15, -0.1) is 0 Å². The van der Waals surface area contributed by atoms with Crippen molar-refractivity contribution in [3.63, 3.8) is 0 Å². The monoisotopic (exact) mass is 265 g/mol. The number of rotatable bonds is 5. The molecule has 0 unspecified atom stereocenters. The van der Waals surface area contributed by atoms with Crippen LogP contribution in [0.2, 0.25) is 0 Å². The molecule has 0 radical (unpaired) electrons. The number of nitrogens with zero attached hydrogens (tertiary/aromatic N) is 2. The fraction of sp³-hybridized carbons (Fsp3) is 0.462. The van der Waals surface area contributed by atoms with E-state index in [0.717, 1.165) is 37.5 Å². The molecule has 5 heteroatoms. The maximum absolute atomic E-state index is 12.2. The molecule has 0 bridgehead atoms. The number of hydrogen-bond acceptors (Lipinski definition) is 3. The van der Waals surface area contributed by atoms with Crippen molar-refractivity contribution < 1.29 is 4.79 Å². The molecule has 1 aliphatic rings. The second kappa shape index (κ2) is 6.00. The van der Waals surface area contributed by atoms with E-state index in [2.05, 4.69) is 6.26 Å². The first-order valence-corrected chi connectivity index (χ1v) is 7.53. The van der Waals surface area contributed by atoms with E-state index in [9.17, 15) is 4.79 Å². The Hall–Kier alpha value is -1.36. The quantitative estimate of drug-likeness (QED) is 0.656. The Bertz CT molecular complexity index is 424. The number of hydrogen-bond donors (Lipinski definition) is 1. The molecule has 0 aliphatic carbocycles. The fourth-order valence-electron chi connectivity index (χ4n) is 2.15. The Morgan fingerprint density at radius 2 is 2.11 bits per heavy atom. The predicted octanol–water partition coefficient (Wildman–Crippen LogP) is 2.26. The maximum atomic E-state index is 12.2. The number of carbonyl (C=O) groups is 1. The number of amides is 2. The minimum atomic E-state index is 0.0778. The molecule has 0 atom stereocenters. The van der Waals surface area contributed by atoms with Crippen molar-refractivity contribution in [1.29, 1.82) is 0 Å². The summed E-state index contributed by atoms with van der Waals surface area (Å²) in [6.07, 6.45) is 3.13. The average molecular weight is 265 g/mol. The van der Waals surface area contributed by atoms with Crippen LogP contribution >= 0.6 is 11.8 Å². The first kappa shape index (κ1) is 13.1. The van der Waals surface area contributed by atoms with Crippen molar-refractivity contribution in [3.8, 4) is 0 Å². The number of nitrogen functional groups attached to an aromatic ring is 1. The number of anilines is 2. The van der Waals surface area contributed by atoms with E-state index in [1.165, 1.54) is 0 Å². The standard InChI is InChI=1S/C13H19N3OS/c1-18-10-4-7-15-8-9-16(13(15)17)12-6-3-2-5-11(12)14/h2-3,5-6H,4,7-10,14H2,1H3. The lowest BCUT2D eigenvalue weighted by Crippen LogP contribution is -2.33. The second-order valence-electron chi connectivity index (χ2n) is 4.33. The Kier molecular flexibility index (Phi) is 4.36. The number of benzene rings is 1. The van der Waals surface area contributed by atoms with Gasteiger partial charge in [-0.2, -0.15) is 11.8 Å². The zero-order valence-corrected chi connectivity index (χ0v) is 11.4. The van der Waals surface area contributed by atoms with Crippen molar-refractivity contribution in [1.82, 2.24) is 4.90 Å². The minimum absolute atomic E-state index is 0.0778. The molecule has 1 aliphatic heterocycles. The van der Waals surface area contributed by atoms with Crippen LogP contribution in [0, 0.1) is 0 Å². The lowest BCUT2D eigenvalue weighted by molar-refractivity contribution is 0.221. The minimum Gasteiger partial charge on any atom is -0.397 e. The summed E-state index contributed by atoms with van der Waals surface area (Å²) in [5.74, 6) is 1.09. The fourth-order valence-corrected chi connectivity index (χ4v) is 2.56.